The maximum absolute atomic E-state index is 10.6. The van der Waals surface area contributed by atoms with Gasteiger partial charge in [-0.1, -0.05) is 13.8 Å². The molecule has 0 aliphatic carbocycles. The number of carboxylic acid groups (broad SMARTS) is 1. The van der Waals surface area contributed by atoms with Crippen molar-refractivity contribution >= 4 is 11.7 Å². The van der Waals surface area contributed by atoms with E-state index in [0.29, 0.717) is 12.5 Å². The van der Waals surface area contributed by atoms with Crippen LogP contribution in [0, 0.1) is 5.92 Å². The number of aromatic nitrogens is 1. The molecule has 15 heavy (non-hydrogen) atoms. The second kappa shape index (κ2) is 4.63. The van der Waals surface area contributed by atoms with Crippen molar-refractivity contribution < 1.29 is 14.6 Å². The van der Waals surface area contributed by atoms with Crippen LogP contribution in [0.2, 0.25) is 0 Å². The summed E-state index contributed by atoms with van der Waals surface area (Å²) >= 11 is 0. The van der Waals surface area contributed by atoms with E-state index < -0.39 is 5.97 Å². The van der Waals surface area contributed by atoms with Crippen molar-refractivity contribution in [2.75, 3.05) is 12.3 Å². The van der Waals surface area contributed by atoms with Crippen LogP contribution in [0.3, 0.4) is 0 Å². The molecule has 0 bridgehead atoms. The summed E-state index contributed by atoms with van der Waals surface area (Å²) < 4.78 is 5.30. The fourth-order valence-corrected chi connectivity index (χ4v) is 0.952. The molecule has 0 fully saturated rings. The fourth-order valence-electron chi connectivity index (χ4n) is 0.952. The second-order valence-corrected chi connectivity index (χ2v) is 3.63. The van der Waals surface area contributed by atoms with Gasteiger partial charge < -0.3 is 15.6 Å². The van der Waals surface area contributed by atoms with Crippen LogP contribution in [-0.4, -0.2) is 22.7 Å². The summed E-state index contributed by atoms with van der Waals surface area (Å²) in [4.78, 5) is 14.4. The van der Waals surface area contributed by atoms with Gasteiger partial charge in [0.1, 0.15) is 0 Å². The number of carbonyl (C=O) groups is 1. The monoisotopic (exact) mass is 210 g/mol. The third kappa shape index (κ3) is 3.12. The zero-order chi connectivity index (χ0) is 11.4. The molecule has 1 heterocycles. The molecule has 5 nitrogen and oxygen atoms in total. The van der Waals surface area contributed by atoms with E-state index in [4.69, 9.17) is 15.6 Å². The predicted octanol–water partition coefficient (Wildman–Crippen LogP) is 1.40. The first kappa shape index (κ1) is 11.3. The molecule has 82 valence electrons. The lowest BCUT2D eigenvalue weighted by molar-refractivity contribution is 0.0696. The van der Waals surface area contributed by atoms with Crippen LogP contribution in [0.25, 0.3) is 0 Å². The first-order chi connectivity index (χ1) is 7.00. The van der Waals surface area contributed by atoms with E-state index >= 15 is 0 Å². The van der Waals surface area contributed by atoms with Gasteiger partial charge in [-0.15, -0.1) is 0 Å². The van der Waals surface area contributed by atoms with Gasteiger partial charge in [0.15, 0.2) is 0 Å². The quantitative estimate of drug-likeness (QED) is 0.784. The smallest absolute Gasteiger partial charge is 0.337 e. The topological polar surface area (TPSA) is 85.4 Å². The Kier molecular flexibility index (Phi) is 3.49. The van der Waals surface area contributed by atoms with Crippen LogP contribution in [0.4, 0.5) is 5.69 Å². The molecule has 0 saturated heterocycles. The number of carboxylic acids is 1. The van der Waals surface area contributed by atoms with Gasteiger partial charge in [-0.2, -0.15) is 0 Å². The van der Waals surface area contributed by atoms with Gasteiger partial charge in [0.05, 0.1) is 17.9 Å². The van der Waals surface area contributed by atoms with Crippen molar-refractivity contribution in [3.8, 4) is 5.88 Å². The average molecular weight is 210 g/mol. The van der Waals surface area contributed by atoms with E-state index in [-0.39, 0.29) is 17.1 Å². The Bertz CT molecular complexity index is 364. The largest absolute Gasteiger partial charge is 0.478 e. The maximum atomic E-state index is 10.6. The maximum Gasteiger partial charge on any atom is 0.337 e. The molecule has 0 aliphatic heterocycles. The number of ether oxygens (including phenoxy) is 1. The molecule has 0 aromatic carbocycles. The third-order valence-corrected chi connectivity index (χ3v) is 1.68. The van der Waals surface area contributed by atoms with Gasteiger partial charge in [0.2, 0.25) is 5.88 Å². The average Bonchev–Trinajstić information content (AvgIpc) is 2.15. The number of pyridine rings is 1. The Morgan fingerprint density at radius 2 is 2.33 bits per heavy atom. The highest BCUT2D eigenvalue weighted by Gasteiger charge is 2.08. The Balaban J connectivity index is 2.79. The van der Waals surface area contributed by atoms with E-state index in [0.717, 1.165) is 0 Å². The number of nitrogens with two attached hydrogens (primary N) is 1. The van der Waals surface area contributed by atoms with Crippen molar-refractivity contribution in [1.29, 1.82) is 0 Å². The third-order valence-electron chi connectivity index (χ3n) is 1.68. The molecule has 0 amide bonds. The van der Waals surface area contributed by atoms with Gasteiger partial charge in [-0.3, -0.25) is 0 Å². The molecule has 5 heteroatoms. The zero-order valence-electron chi connectivity index (χ0n) is 8.73. The minimum absolute atomic E-state index is 0.0596. The number of aromatic carboxylic acids is 1. The van der Waals surface area contributed by atoms with Gasteiger partial charge >= 0.3 is 5.97 Å². The fraction of sp³-hybridized carbons (Fsp3) is 0.400. The molecule has 0 saturated carbocycles. The lowest BCUT2D eigenvalue weighted by Crippen LogP contribution is -2.08. The van der Waals surface area contributed by atoms with Crippen molar-refractivity contribution in [1.82, 2.24) is 4.98 Å². The van der Waals surface area contributed by atoms with Crippen LogP contribution in [-0.2, 0) is 0 Å². The Morgan fingerprint density at radius 1 is 1.67 bits per heavy atom. The lowest BCUT2D eigenvalue weighted by atomic mass is 10.2. The number of hydrogen-bond donors (Lipinski definition) is 2. The summed E-state index contributed by atoms with van der Waals surface area (Å²) in [6.45, 7) is 4.51. The SMILES string of the molecule is CC(C)COc1ncc(C(=O)O)cc1N. The molecule has 1 rings (SSSR count). The van der Waals surface area contributed by atoms with E-state index in [9.17, 15) is 4.79 Å². The van der Waals surface area contributed by atoms with Crippen molar-refractivity contribution in [3.63, 3.8) is 0 Å². The van der Waals surface area contributed by atoms with Crippen LogP contribution in [0.1, 0.15) is 24.2 Å². The van der Waals surface area contributed by atoms with Gasteiger partial charge in [0.25, 0.3) is 0 Å². The van der Waals surface area contributed by atoms with Crippen molar-refractivity contribution in [2.24, 2.45) is 5.92 Å². The highest BCUT2D eigenvalue weighted by Crippen LogP contribution is 2.19. The summed E-state index contributed by atoms with van der Waals surface area (Å²) in [5, 5.41) is 8.68. The first-order valence-corrected chi connectivity index (χ1v) is 4.62. The minimum Gasteiger partial charge on any atom is -0.478 e. The molecule has 0 aliphatic rings. The number of hydrogen-bond acceptors (Lipinski definition) is 4. The van der Waals surface area contributed by atoms with E-state index in [2.05, 4.69) is 4.98 Å². The number of nitrogens with zero attached hydrogens (tertiary/aromatic N) is 1. The van der Waals surface area contributed by atoms with E-state index in [1.807, 2.05) is 13.8 Å². The van der Waals surface area contributed by atoms with Crippen LogP contribution >= 0.6 is 0 Å². The second-order valence-electron chi connectivity index (χ2n) is 3.63. The van der Waals surface area contributed by atoms with Crippen LogP contribution < -0.4 is 10.5 Å². The summed E-state index contributed by atoms with van der Waals surface area (Å²) in [5.41, 5.74) is 5.90. The molecule has 1 aromatic rings. The number of anilines is 1. The molecule has 1 aromatic heterocycles. The van der Waals surface area contributed by atoms with Gasteiger partial charge in [0, 0.05) is 6.20 Å². The van der Waals surface area contributed by atoms with Crippen LogP contribution in [0.15, 0.2) is 12.3 Å². The normalized spacial score (nSPS) is 10.3. The first-order valence-electron chi connectivity index (χ1n) is 4.62. The van der Waals surface area contributed by atoms with Crippen LogP contribution in [0.5, 0.6) is 5.88 Å². The molecule has 0 radical (unpaired) electrons. The summed E-state index contributed by atoms with van der Waals surface area (Å²) in [7, 11) is 0. The summed E-state index contributed by atoms with van der Waals surface area (Å²) in [5.74, 6) is -0.399. The number of nitrogen functional groups attached to an aromatic ring is 1. The minimum atomic E-state index is -1.05. The molecular weight excluding hydrogens is 196 g/mol. The lowest BCUT2D eigenvalue weighted by Gasteiger charge is -2.09. The highest BCUT2D eigenvalue weighted by atomic mass is 16.5. The Morgan fingerprint density at radius 3 is 2.80 bits per heavy atom. The Labute approximate surface area is 87.9 Å². The molecule has 3 N–H and O–H groups in total. The molecule has 0 spiro atoms. The van der Waals surface area contributed by atoms with Crippen molar-refractivity contribution in [2.45, 2.75) is 13.8 Å². The zero-order valence-corrected chi connectivity index (χ0v) is 8.73. The number of rotatable bonds is 4. The Hall–Kier alpha value is -1.78. The molecule has 0 unspecified atom stereocenters. The molecule has 0 atom stereocenters. The van der Waals surface area contributed by atoms with Crippen molar-refractivity contribution in [3.05, 3.63) is 17.8 Å². The van der Waals surface area contributed by atoms with E-state index in [1.165, 1.54) is 12.3 Å². The van der Waals surface area contributed by atoms with E-state index in [1.54, 1.807) is 0 Å². The predicted molar refractivity (Wildman–Crippen MR) is 55.9 cm³/mol. The van der Waals surface area contributed by atoms with Gasteiger partial charge in [-0.25, -0.2) is 9.78 Å². The molecular formula is C10H14N2O3. The van der Waals surface area contributed by atoms with Gasteiger partial charge in [-0.05, 0) is 12.0 Å². The summed E-state index contributed by atoms with van der Waals surface area (Å²) in [6.07, 6.45) is 1.23. The highest BCUT2D eigenvalue weighted by molar-refractivity contribution is 5.88. The standard InChI is InChI=1S/C10H14N2O3/c1-6(2)5-15-9-8(11)3-7(4-12-9)10(13)14/h3-4,6H,5,11H2,1-2H3,(H,13,14). The summed E-state index contributed by atoms with van der Waals surface area (Å²) in [6, 6.07) is 1.34.